The minimum atomic E-state index is -0.688. The van der Waals surface area contributed by atoms with Crippen molar-refractivity contribution in [2.75, 3.05) is 13.7 Å². The molecule has 0 radical (unpaired) electrons. The zero-order chi connectivity index (χ0) is 16.0. The van der Waals surface area contributed by atoms with Crippen LogP contribution in [0.1, 0.15) is 58.5 Å². The summed E-state index contributed by atoms with van der Waals surface area (Å²) in [5, 5.41) is 7.92. The number of nitrogens with one attached hydrogen (secondary N) is 1. The van der Waals surface area contributed by atoms with Gasteiger partial charge in [-0.05, 0) is 45.7 Å². The van der Waals surface area contributed by atoms with E-state index in [2.05, 4.69) is 41.9 Å². The maximum atomic E-state index is 12.1. The molecule has 0 aromatic carbocycles. The molecule has 1 heterocycles. The maximum Gasteiger partial charge on any atom is 0.325 e. The quantitative estimate of drug-likeness (QED) is 0.749. The molecule has 2 atom stereocenters. The molecule has 5 heteroatoms. The molecule has 1 aromatic heterocycles. The first kappa shape index (κ1) is 17.7. The number of hydrogen-bond donors (Lipinski definition) is 1. The van der Waals surface area contributed by atoms with Gasteiger partial charge in [-0.2, -0.15) is 5.10 Å². The zero-order valence-electron chi connectivity index (χ0n) is 14.2. The van der Waals surface area contributed by atoms with Gasteiger partial charge in [-0.25, -0.2) is 0 Å². The normalized spacial score (nSPS) is 15.5. The monoisotopic (exact) mass is 295 g/mol. The smallest absolute Gasteiger partial charge is 0.325 e. The van der Waals surface area contributed by atoms with Crippen LogP contribution >= 0.6 is 0 Å². The van der Waals surface area contributed by atoms with Crippen LogP contribution in [0, 0.1) is 0 Å². The van der Waals surface area contributed by atoms with Gasteiger partial charge in [0, 0.05) is 5.69 Å². The second-order valence-electron chi connectivity index (χ2n) is 5.69. The highest BCUT2D eigenvalue weighted by atomic mass is 16.5. The van der Waals surface area contributed by atoms with E-state index in [1.807, 2.05) is 13.8 Å². The Kier molecular flexibility index (Phi) is 6.40. The van der Waals surface area contributed by atoms with E-state index in [0.29, 0.717) is 6.42 Å². The molecule has 2 unspecified atom stereocenters. The number of rotatable bonds is 8. The zero-order valence-corrected chi connectivity index (χ0v) is 14.2. The van der Waals surface area contributed by atoms with Crippen LogP contribution in [0.15, 0.2) is 6.07 Å². The van der Waals surface area contributed by atoms with E-state index < -0.39 is 5.54 Å². The summed E-state index contributed by atoms with van der Waals surface area (Å²) in [5.41, 5.74) is 1.62. The highest BCUT2D eigenvalue weighted by Crippen LogP contribution is 2.24. The Morgan fingerprint density at radius 2 is 2.10 bits per heavy atom. The maximum absolute atomic E-state index is 12.1. The molecule has 1 rings (SSSR count). The number of aryl methyl sites for hydroxylation is 2. The molecule has 1 N–H and O–H groups in total. The molecule has 0 fully saturated rings. The van der Waals surface area contributed by atoms with E-state index in [9.17, 15) is 4.79 Å². The SMILES string of the molecule is CCNC(C)(CC(C)n1nc(CC)cc1CC)C(=O)OC. The summed E-state index contributed by atoms with van der Waals surface area (Å²) in [5.74, 6) is -0.225. The highest BCUT2D eigenvalue weighted by Gasteiger charge is 2.36. The fourth-order valence-electron chi connectivity index (χ4n) is 2.83. The summed E-state index contributed by atoms with van der Waals surface area (Å²) in [7, 11) is 1.43. The number of methoxy groups -OCH3 is 1. The molecular formula is C16H29N3O2. The van der Waals surface area contributed by atoms with Crippen molar-refractivity contribution in [2.45, 2.75) is 65.5 Å². The van der Waals surface area contributed by atoms with E-state index in [4.69, 9.17) is 4.74 Å². The third-order valence-electron chi connectivity index (χ3n) is 3.91. The minimum absolute atomic E-state index is 0.128. The van der Waals surface area contributed by atoms with Crippen LogP contribution in [0.2, 0.25) is 0 Å². The molecule has 5 nitrogen and oxygen atoms in total. The number of carbonyl (C=O) groups excluding carboxylic acids is 1. The fraction of sp³-hybridized carbons (Fsp3) is 0.750. The summed E-state index contributed by atoms with van der Waals surface area (Å²) in [6, 6.07) is 2.28. The predicted molar refractivity (Wildman–Crippen MR) is 84.4 cm³/mol. The molecule has 21 heavy (non-hydrogen) atoms. The van der Waals surface area contributed by atoms with Crippen molar-refractivity contribution in [3.05, 3.63) is 17.5 Å². The van der Waals surface area contributed by atoms with E-state index in [1.165, 1.54) is 12.8 Å². The molecule has 0 saturated heterocycles. The van der Waals surface area contributed by atoms with Crippen molar-refractivity contribution in [2.24, 2.45) is 0 Å². The Hall–Kier alpha value is -1.36. The lowest BCUT2D eigenvalue weighted by Gasteiger charge is -2.30. The van der Waals surface area contributed by atoms with Crippen molar-refractivity contribution < 1.29 is 9.53 Å². The molecule has 0 aliphatic heterocycles. The standard InChI is InChI=1S/C16H29N3O2/c1-7-13-10-14(8-2)19(18-13)12(4)11-16(5,17-9-3)15(20)21-6/h10,12,17H,7-9,11H2,1-6H3. The van der Waals surface area contributed by atoms with Gasteiger partial charge in [0.15, 0.2) is 0 Å². The molecule has 0 bridgehead atoms. The fourth-order valence-corrected chi connectivity index (χ4v) is 2.83. The van der Waals surface area contributed by atoms with Gasteiger partial charge >= 0.3 is 5.97 Å². The van der Waals surface area contributed by atoms with Gasteiger partial charge in [0.25, 0.3) is 0 Å². The van der Waals surface area contributed by atoms with Crippen LogP contribution in [0.4, 0.5) is 0 Å². The minimum Gasteiger partial charge on any atom is -0.468 e. The van der Waals surface area contributed by atoms with Crippen molar-refractivity contribution in [3.63, 3.8) is 0 Å². The molecular weight excluding hydrogens is 266 g/mol. The van der Waals surface area contributed by atoms with Crippen LogP contribution in [-0.2, 0) is 22.4 Å². The van der Waals surface area contributed by atoms with Crippen LogP contribution in [0.25, 0.3) is 0 Å². The topological polar surface area (TPSA) is 56.2 Å². The lowest BCUT2D eigenvalue weighted by atomic mass is 9.93. The van der Waals surface area contributed by atoms with Gasteiger partial charge in [0.05, 0.1) is 18.8 Å². The first-order chi connectivity index (χ1) is 9.91. The molecule has 1 aromatic rings. The number of hydrogen-bond acceptors (Lipinski definition) is 4. The average Bonchev–Trinajstić information content (AvgIpc) is 2.90. The molecule has 0 saturated carbocycles. The predicted octanol–water partition coefficient (Wildman–Crippen LogP) is 2.50. The second kappa shape index (κ2) is 7.59. The van der Waals surface area contributed by atoms with E-state index >= 15 is 0 Å². The van der Waals surface area contributed by atoms with Gasteiger partial charge < -0.3 is 10.1 Å². The first-order valence-corrected chi connectivity index (χ1v) is 7.82. The number of esters is 1. The number of ether oxygens (including phenoxy) is 1. The van der Waals surface area contributed by atoms with Crippen LogP contribution in [0.3, 0.4) is 0 Å². The second-order valence-corrected chi connectivity index (χ2v) is 5.69. The third-order valence-corrected chi connectivity index (χ3v) is 3.91. The van der Waals surface area contributed by atoms with E-state index in [1.54, 1.807) is 0 Å². The van der Waals surface area contributed by atoms with Gasteiger partial charge in [0.2, 0.25) is 0 Å². The summed E-state index contributed by atoms with van der Waals surface area (Å²) in [4.78, 5) is 12.1. The van der Waals surface area contributed by atoms with Gasteiger partial charge in [-0.15, -0.1) is 0 Å². The van der Waals surface area contributed by atoms with Crippen molar-refractivity contribution >= 4 is 5.97 Å². The summed E-state index contributed by atoms with van der Waals surface area (Å²) in [6.45, 7) is 10.9. The first-order valence-electron chi connectivity index (χ1n) is 7.82. The Labute approximate surface area is 128 Å². The summed E-state index contributed by atoms with van der Waals surface area (Å²) >= 11 is 0. The molecule has 0 spiro atoms. The molecule has 120 valence electrons. The molecule has 0 aliphatic carbocycles. The number of aromatic nitrogens is 2. The Bertz CT molecular complexity index is 470. The van der Waals surface area contributed by atoms with Crippen LogP contribution in [-0.4, -0.2) is 34.9 Å². The van der Waals surface area contributed by atoms with Crippen molar-refractivity contribution in [1.82, 2.24) is 15.1 Å². The Morgan fingerprint density at radius 1 is 1.43 bits per heavy atom. The number of likely N-dealkylation sites (N-methyl/N-ethyl adjacent to an activating group) is 1. The number of carbonyl (C=O) groups is 1. The third kappa shape index (κ3) is 4.06. The van der Waals surface area contributed by atoms with Gasteiger partial charge in [-0.3, -0.25) is 9.48 Å². The Morgan fingerprint density at radius 3 is 2.57 bits per heavy atom. The molecule has 0 amide bonds. The van der Waals surface area contributed by atoms with E-state index in [-0.39, 0.29) is 12.0 Å². The summed E-state index contributed by atoms with van der Waals surface area (Å²) in [6.07, 6.45) is 2.51. The lowest BCUT2D eigenvalue weighted by molar-refractivity contribution is -0.148. The van der Waals surface area contributed by atoms with Gasteiger partial charge in [0.1, 0.15) is 5.54 Å². The van der Waals surface area contributed by atoms with Crippen LogP contribution in [0.5, 0.6) is 0 Å². The molecule has 0 aliphatic rings. The van der Waals surface area contributed by atoms with Crippen LogP contribution < -0.4 is 5.32 Å². The lowest BCUT2D eigenvalue weighted by Crippen LogP contribution is -2.51. The highest BCUT2D eigenvalue weighted by molar-refractivity contribution is 5.80. The van der Waals surface area contributed by atoms with Gasteiger partial charge in [-0.1, -0.05) is 20.8 Å². The largest absolute Gasteiger partial charge is 0.468 e. The Balaban J connectivity index is 2.98. The van der Waals surface area contributed by atoms with Crippen molar-refractivity contribution in [3.8, 4) is 0 Å². The average molecular weight is 295 g/mol. The summed E-state index contributed by atoms with van der Waals surface area (Å²) < 4.78 is 7.01. The van der Waals surface area contributed by atoms with E-state index in [0.717, 1.165) is 25.1 Å². The van der Waals surface area contributed by atoms with Crippen molar-refractivity contribution in [1.29, 1.82) is 0 Å². The number of nitrogens with zero attached hydrogens (tertiary/aromatic N) is 2.